The van der Waals surface area contributed by atoms with Crippen molar-refractivity contribution in [2.75, 3.05) is 25.1 Å². The van der Waals surface area contributed by atoms with Crippen molar-refractivity contribution in [2.24, 2.45) is 11.7 Å². The predicted octanol–water partition coefficient (Wildman–Crippen LogP) is 1.11. The number of piperidine rings is 1. The number of carbonyl (C=O) groups excluding carboxylic acids is 3. The number of amides is 2. The number of nitrogens with zero attached hydrogens (tertiary/aromatic N) is 3. The Morgan fingerprint density at radius 2 is 1.82 bits per heavy atom. The van der Waals surface area contributed by atoms with Gasteiger partial charge in [-0.15, -0.1) is 0 Å². The Labute approximate surface area is 189 Å². The second-order valence-electron chi connectivity index (χ2n) is 8.38. The lowest BCUT2D eigenvalue weighted by Gasteiger charge is -2.29. The summed E-state index contributed by atoms with van der Waals surface area (Å²) >= 11 is 0. The van der Waals surface area contributed by atoms with Crippen LogP contribution in [0.3, 0.4) is 0 Å². The molecule has 0 atom stereocenters. The third kappa shape index (κ3) is 4.42. The van der Waals surface area contributed by atoms with E-state index in [4.69, 9.17) is 5.73 Å². The van der Waals surface area contributed by atoms with Crippen molar-refractivity contribution in [1.82, 2.24) is 19.8 Å². The summed E-state index contributed by atoms with van der Waals surface area (Å²) in [6, 6.07) is 8.48. The van der Waals surface area contributed by atoms with Crippen molar-refractivity contribution in [3.63, 3.8) is 0 Å². The molecule has 0 bridgehead atoms. The molecule has 0 aliphatic carbocycles. The number of ketones is 1. The molecule has 0 radical (unpaired) electrons. The van der Waals surface area contributed by atoms with E-state index in [1.165, 1.54) is 0 Å². The number of aryl methyl sites for hydroxylation is 1. The van der Waals surface area contributed by atoms with Crippen LogP contribution in [0.25, 0.3) is 10.8 Å². The number of hydrogen-bond donors (Lipinski definition) is 3. The van der Waals surface area contributed by atoms with E-state index in [0.717, 1.165) is 0 Å². The summed E-state index contributed by atoms with van der Waals surface area (Å²) in [7, 11) is 0. The summed E-state index contributed by atoms with van der Waals surface area (Å²) in [5.41, 5.74) is 9.68. The molecule has 172 valence electrons. The summed E-state index contributed by atoms with van der Waals surface area (Å²) in [5.74, 6) is -0.982. The van der Waals surface area contributed by atoms with Gasteiger partial charge in [-0.25, -0.2) is 5.10 Å². The molecule has 2 amide bonds. The van der Waals surface area contributed by atoms with Gasteiger partial charge < -0.3 is 5.73 Å². The average molecular weight is 450 g/mol. The molecule has 0 saturated carbocycles. The number of Topliss-reactive ketones (excluding diaryl/α,β-unsaturated/α-hetero) is 1. The third-order valence-corrected chi connectivity index (χ3v) is 6.21. The molecule has 10 heteroatoms. The number of aromatic nitrogens is 3. The maximum atomic E-state index is 13.0. The maximum absolute atomic E-state index is 13.0. The van der Waals surface area contributed by atoms with Crippen LogP contribution in [0, 0.1) is 19.8 Å². The van der Waals surface area contributed by atoms with Crippen molar-refractivity contribution >= 4 is 28.4 Å². The summed E-state index contributed by atoms with van der Waals surface area (Å²) in [6.45, 7) is 5.06. The summed E-state index contributed by atoms with van der Waals surface area (Å²) in [5, 5.41) is 7.10. The quantitative estimate of drug-likeness (QED) is 0.480. The smallest absolute Gasteiger partial charge is 0.291 e. The Kier molecular flexibility index (Phi) is 6.10. The molecule has 3 aromatic rings. The highest BCUT2D eigenvalue weighted by atomic mass is 16.2. The summed E-state index contributed by atoms with van der Waals surface area (Å²) in [4.78, 5) is 51.3. The third-order valence-electron chi connectivity index (χ3n) is 6.21. The molecule has 0 unspecified atom stereocenters. The van der Waals surface area contributed by atoms with Crippen molar-refractivity contribution in [3.05, 3.63) is 63.3 Å². The van der Waals surface area contributed by atoms with E-state index in [9.17, 15) is 19.2 Å². The van der Waals surface area contributed by atoms with Gasteiger partial charge in [0.2, 0.25) is 5.91 Å². The molecule has 1 aliphatic heterocycles. The highest BCUT2D eigenvalue weighted by Gasteiger charge is 2.26. The van der Waals surface area contributed by atoms with E-state index in [1.54, 1.807) is 48.9 Å². The zero-order valence-corrected chi connectivity index (χ0v) is 18.6. The second kappa shape index (κ2) is 8.99. The highest BCUT2D eigenvalue weighted by Crippen LogP contribution is 2.20. The van der Waals surface area contributed by atoms with Crippen LogP contribution in [0.1, 0.15) is 45.1 Å². The fraction of sp³-hybridized carbons (Fsp3) is 0.348. The van der Waals surface area contributed by atoms with E-state index in [0.29, 0.717) is 53.7 Å². The first-order chi connectivity index (χ1) is 15.8. The Bertz CT molecular complexity index is 1300. The maximum Gasteiger partial charge on any atom is 0.291 e. The van der Waals surface area contributed by atoms with Gasteiger partial charge in [0.25, 0.3) is 11.5 Å². The number of hydrogen-bond acceptors (Lipinski definition) is 6. The van der Waals surface area contributed by atoms with Crippen LogP contribution in [-0.4, -0.2) is 57.0 Å². The van der Waals surface area contributed by atoms with Gasteiger partial charge in [-0.3, -0.25) is 34.2 Å². The van der Waals surface area contributed by atoms with Crippen molar-refractivity contribution < 1.29 is 14.4 Å². The number of carbonyl (C=O) groups is 3. The van der Waals surface area contributed by atoms with Crippen molar-refractivity contribution in [3.8, 4) is 0 Å². The standard InChI is InChI=1S/C23H26N6O4/c1-13-11-18(19(30)12-28-9-7-15(8-10-28)21(24)31)14(2)29(13)27-23(33)20-16-5-3-4-6-17(16)22(32)26-25-20/h3-6,11,15H,7-10,12H2,1-2H3,(H2,24,31)(H,26,32)(H,27,33). The fourth-order valence-electron chi connectivity index (χ4n) is 4.32. The number of nitrogens with one attached hydrogen (secondary N) is 2. The number of fused-ring (bicyclic) bond motifs is 1. The zero-order valence-electron chi connectivity index (χ0n) is 18.6. The Morgan fingerprint density at radius 1 is 1.15 bits per heavy atom. The predicted molar refractivity (Wildman–Crippen MR) is 123 cm³/mol. The van der Waals surface area contributed by atoms with Crippen LogP contribution in [-0.2, 0) is 4.79 Å². The molecule has 2 aromatic heterocycles. The summed E-state index contributed by atoms with van der Waals surface area (Å²) in [6.07, 6.45) is 1.30. The number of H-pyrrole nitrogens is 1. The van der Waals surface area contributed by atoms with Gasteiger partial charge in [0.05, 0.1) is 11.9 Å². The van der Waals surface area contributed by atoms with Crippen LogP contribution < -0.4 is 16.7 Å². The minimum Gasteiger partial charge on any atom is -0.369 e. The first-order valence-corrected chi connectivity index (χ1v) is 10.8. The van der Waals surface area contributed by atoms with Crippen molar-refractivity contribution in [1.29, 1.82) is 0 Å². The number of primary amides is 1. The van der Waals surface area contributed by atoms with Crippen LogP contribution in [0.15, 0.2) is 35.1 Å². The Hall–Kier alpha value is -3.79. The normalized spacial score (nSPS) is 15.0. The second-order valence-corrected chi connectivity index (χ2v) is 8.38. The molecule has 4 N–H and O–H groups in total. The average Bonchev–Trinajstić information content (AvgIpc) is 3.08. The van der Waals surface area contributed by atoms with E-state index in [-0.39, 0.29) is 35.4 Å². The van der Waals surface area contributed by atoms with Gasteiger partial charge in [0.1, 0.15) is 0 Å². The monoisotopic (exact) mass is 450 g/mol. The van der Waals surface area contributed by atoms with Crippen LogP contribution in [0.2, 0.25) is 0 Å². The molecule has 1 aliphatic rings. The van der Waals surface area contributed by atoms with Crippen LogP contribution >= 0.6 is 0 Å². The van der Waals surface area contributed by atoms with E-state index >= 15 is 0 Å². The minimum atomic E-state index is -0.503. The Balaban J connectivity index is 1.51. The molecule has 33 heavy (non-hydrogen) atoms. The largest absolute Gasteiger partial charge is 0.369 e. The first-order valence-electron chi connectivity index (χ1n) is 10.8. The lowest BCUT2D eigenvalue weighted by atomic mass is 9.96. The van der Waals surface area contributed by atoms with Gasteiger partial charge in [0, 0.05) is 28.3 Å². The number of likely N-dealkylation sites (tertiary alicyclic amines) is 1. The molecule has 4 rings (SSSR count). The number of rotatable bonds is 6. The molecule has 0 spiro atoms. The molecule has 1 aromatic carbocycles. The minimum absolute atomic E-state index is 0.0614. The van der Waals surface area contributed by atoms with Gasteiger partial charge in [-0.05, 0) is 51.9 Å². The summed E-state index contributed by atoms with van der Waals surface area (Å²) < 4.78 is 1.55. The Morgan fingerprint density at radius 3 is 2.48 bits per heavy atom. The molecule has 1 saturated heterocycles. The molecule has 1 fully saturated rings. The number of aromatic amines is 1. The number of benzene rings is 1. The van der Waals surface area contributed by atoms with Gasteiger partial charge in [-0.1, -0.05) is 18.2 Å². The van der Waals surface area contributed by atoms with Crippen molar-refractivity contribution in [2.45, 2.75) is 26.7 Å². The fourth-order valence-corrected chi connectivity index (χ4v) is 4.32. The van der Waals surface area contributed by atoms with Gasteiger partial charge in [0.15, 0.2) is 11.5 Å². The molecular weight excluding hydrogens is 424 g/mol. The van der Waals surface area contributed by atoms with Crippen LogP contribution in [0.4, 0.5) is 0 Å². The van der Waals surface area contributed by atoms with E-state index < -0.39 is 5.91 Å². The lowest BCUT2D eigenvalue weighted by molar-refractivity contribution is -0.123. The van der Waals surface area contributed by atoms with E-state index in [1.807, 2.05) is 4.90 Å². The lowest BCUT2D eigenvalue weighted by Crippen LogP contribution is -2.40. The molecular formula is C23H26N6O4. The number of nitrogens with two attached hydrogens (primary N) is 1. The zero-order chi connectivity index (χ0) is 23.7. The molecule has 10 nitrogen and oxygen atoms in total. The topological polar surface area (TPSA) is 143 Å². The SMILES string of the molecule is Cc1cc(C(=O)CN2CCC(C(N)=O)CC2)c(C)n1NC(=O)c1n[nH]c(=O)c2ccccc12. The van der Waals surface area contributed by atoms with Gasteiger partial charge in [-0.2, -0.15) is 5.10 Å². The molecule has 3 heterocycles. The van der Waals surface area contributed by atoms with Crippen LogP contribution in [0.5, 0.6) is 0 Å². The first kappa shape index (κ1) is 22.4. The van der Waals surface area contributed by atoms with Gasteiger partial charge >= 0.3 is 0 Å². The van der Waals surface area contributed by atoms with E-state index in [2.05, 4.69) is 15.6 Å². The highest BCUT2D eigenvalue weighted by molar-refractivity contribution is 6.08.